The van der Waals surface area contributed by atoms with Crippen molar-refractivity contribution in [2.45, 2.75) is 36.5 Å². The second-order valence-electron chi connectivity index (χ2n) is 9.26. The number of likely N-dealkylation sites (tertiary alicyclic amines) is 1. The number of fused-ring (bicyclic) bond motifs is 2. The topological polar surface area (TPSA) is 92.1 Å². The number of sulfone groups is 1. The van der Waals surface area contributed by atoms with Gasteiger partial charge in [0, 0.05) is 55.0 Å². The number of piperidine rings is 1. The van der Waals surface area contributed by atoms with Gasteiger partial charge in [-0.1, -0.05) is 17.3 Å². The van der Waals surface area contributed by atoms with Gasteiger partial charge in [0.2, 0.25) is 0 Å². The van der Waals surface area contributed by atoms with Gasteiger partial charge >= 0.3 is 0 Å². The minimum Gasteiger partial charge on any atom is -0.410 e. The first-order valence-electron chi connectivity index (χ1n) is 11.5. The van der Waals surface area contributed by atoms with Crippen LogP contribution in [-0.2, 0) is 33.3 Å². The molecular weight excluding hydrogens is 488 g/mol. The van der Waals surface area contributed by atoms with Gasteiger partial charge in [-0.05, 0) is 54.3 Å². The number of hydrogen-bond acceptors (Lipinski definition) is 7. The first kappa shape index (κ1) is 24.5. The lowest BCUT2D eigenvalue weighted by atomic mass is 9.84. The number of oxime groups is 1. The molecule has 5 rings (SSSR count). The van der Waals surface area contributed by atoms with Crippen molar-refractivity contribution in [1.82, 2.24) is 9.88 Å². The minimum atomic E-state index is -3.64. The van der Waals surface area contributed by atoms with Gasteiger partial charge in [-0.25, -0.2) is 17.2 Å². The van der Waals surface area contributed by atoms with E-state index in [0.717, 1.165) is 55.4 Å². The fourth-order valence-corrected chi connectivity index (χ4v) is 6.03. The summed E-state index contributed by atoms with van der Waals surface area (Å²) in [5.74, 6) is -2.13. The Labute approximate surface area is 208 Å². The first-order chi connectivity index (χ1) is 17.2. The molecule has 7 nitrogen and oxygen atoms in total. The molecule has 10 heteroatoms. The number of rotatable bonds is 5. The van der Waals surface area contributed by atoms with Gasteiger partial charge in [-0.3, -0.25) is 9.88 Å². The van der Waals surface area contributed by atoms with Crippen molar-refractivity contribution in [1.29, 1.82) is 0 Å². The summed E-state index contributed by atoms with van der Waals surface area (Å²) in [7, 11) is -3.64. The predicted molar refractivity (Wildman–Crippen MR) is 129 cm³/mol. The number of benzene rings is 2. The maximum absolute atomic E-state index is 13.8. The van der Waals surface area contributed by atoms with Crippen molar-refractivity contribution in [3.63, 3.8) is 0 Å². The summed E-state index contributed by atoms with van der Waals surface area (Å²) in [6.07, 6.45) is 6.31. The fourth-order valence-electron chi connectivity index (χ4n) is 5.08. The smallest absolute Gasteiger partial charge is 0.175 e. The minimum absolute atomic E-state index is 0.0593. The lowest BCUT2D eigenvalue weighted by Crippen LogP contribution is -2.42. The second kappa shape index (κ2) is 9.34. The second-order valence-corrected chi connectivity index (χ2v) is 11.2. The maximum Gasteiger partial charge on any atom is 0.175 e. The molecule has 1 N–H and O–H groups in total. The average Bonchev–Trinajstić information content (AvgIpc) is 3.21. The molecule has 0 unspecified atom stereocenters. The van der Waals surface area contributed by atoms with Crippen LogP contribution >= 0.6 is 0 Å². The number of hydrogen-bond donors (Lipinski definition) is 1. The summed E-state index contributed by atoms with van der Waals surface area (Å²) in [4.78, 5) is 6.54. The standard InChI is InChI=1S/C26H25F2N3O4S/c1-36(33,34)24-13-18(25(30-32)17-4-5-22(27)23(28)12-17)2-3-19(24)15-31-10-7-26(8-11-31)21-14-29-9-6-20(21)16-35-26/h2-6,9,12-14,32H,7-8,10-11,15-16H2,1H3. The molecule has 0 radical (unpaired) electrons. The van der Waals surface area contributed by atoms with E-state index in [1.807, 2.05) is 12.3 Å². The number of nitrogens with zero attached hydrogens (tertiary/aromatic N) is 3. The number of halogens is 2. The summed E-state index contributed by atoms with van der Waals surface area (Å²) in [5, 5.41) is 12.8. The molecule has 0 saturated carbocycles. The lowest BCUT2D eigenvalue weighted by molar-refractivity contribution is -0.0801. The van der Waals surface area contributed by atoms with Gasteiger partial charge in [0.1, 0.15) is 5.71 Å². The zero-order valence-corrected chi connectivity index (χ0v) is 20.4. The van der Waals surface area contributed by atoms with Crippen molar-refractivity contribution >= 4 is 15.5 Å². The highest BCUT2D eigenvalue weighted by Gasteiger charge is 2.42. The molecule has 3 heterocycles. The van der Waals surface area contributed by atoms with Crippen molar-refractivity contribution in [3.8, 4) is 0 Å². The SMILES string of the molecule is CS(=O)(=O)c1cc(C(=NO)c2ccc(F)c(F)c2)ccc1CN1CCC2(CC1)OCc1ccncc12. The third kappa shape index (κ3) is 4.52. The van der Waals surface area contributed by atoms with E-state index in [1.54, 1.807) is 18.3 Å². The molecule has 3 aromatic rings. The Bertz CT molecular complexity index is 1450. The third-order valence-corrected chi connectivity index (χ3v) is 8.18. The van der Waals surface area contributed by atoms with E-state index in [4.69, 9.17) is 4.74 Å². The van der Waals surface area contributed by atoms with Crippen LogP contribution in [0.25, 0.3) is 0 Å². The van der Waals surface area contributed by atoms with Gasteiger partial charge in [-0.15, -0.1) is 0 Å². The molecule has 1 saturated heterocycles. The van der Waals surface area contributed by atoms with Gasteiger partial charge in [0.05, 0.1) is 17.1 Å². The zero-order chi connectivity index (χ0) is 25.5. The normalized spacial score (nSPS) is 17.9. The van der Waals surface area contributed by atoms with Crippen LogP contribution in [0.1, 0.15) is 40.7 Å². The van der Waals surface area contributed by atoms with Gasteiger partial charge in [-0.2, -0.15) is 0 Å². The molecule has 0 bridgehead atoms. The largest absolute Gasteiger partial charge is 0.410 e. The third-order valence-electron chi connectivity index (χ3n) is 7.00. The molecule has 1 aromatic heterocycles. The summed E-state index contributed by atoms with van der Waals surface area (Å²) >= 11 is 0. The van der Waals surface area contributed by atoms with Crippen molar-refractivity contribution in [2.24, 2.45) is 5.16 Å². The molecule has 1 spiro atoms. The van der Waals surface area contributed by atoms with Crippen LogP contribution < -0.4 is 0 Å². The number of aromatic nitrogens is 1. The molecule has 2 aromatic carbocycles. The van der Waals surface area contributed by atoms with Crippen LogP contribution in [0.15, 0.2) is 64.9 Å². The predicted octanol–water partition coefficient (Wildman–Crippen LogP) is 4.01. The fraction of sp³-hybridized carbons (Fsp3) is 0.308. The van der Waals surface area contributed by atoms with Crippen LogP contribution in [0, 0.1) is 11.6 Å². The van der Waals surface area contributed by atoms with Crippen molar-refractivity contribution < 1.29 is 27.1 Å². The zero-order valence-electron chi connectivity index (χ0n) is 19.6. The van der Waals surface area contributed by atoms with E-state index < -0.39 is 21.5 Å². The highest BCUT2D eigenvalue weighted by molar-refractivity contribution is 7.90. The number of ether oxygens (including phenoxy) is 1. The van der Waals surface area contributed by atoms with Crippen LogP contribution in [0.4, 0.5) is 8.78 Å². The van der Waals surface area contributed by atoms with E-state index >= 15 is 0 Å². The Morgan fingerprint density at radius 2 is 1.83 bits per heavy atom. The van der Waals surface area contributed by atoms with Crippen LogP contribution in [0.3, 0.4) is 0 Å². The van der Waals surface area contributed by atoms with E-state index in [-0.39, 0.29) is 27.3 Å². The summed E-state index contributed by atoms with van der Waals surface area (Å²) in [5.41, 5.74) is 2.89. The van der Waals surface area contributed by atoms with Crippen LogP contribution in [0.5, 0.6) is 0 Å². The van der Waals surface area contributed by atoms with Crippen molar-refractivity contribution in [2.75, 3.05) is 19.3 Å². The van der Waals surface area contributed by atoms with E-state index in [2.05, 4.69) is 15.0 Å². The monoisotopic (exact) mass is 513 g/mol. The molecule has 2 aliphatic heterocycles. The van der Waals surface area contributed by atoms with Gasteiger partial charge < -0.3 is 9.94 Å². The van der Waals surface area contributed by atoms with Gasteiger partial charge in [0.15, 0.2) is 21.5 Å². The number of pyridine rings is 1. The van der Waals surface area contributed by atoms with Gasteiger partial charge in [0.25, 0.3) is 0 Å². The van der Waals surface area contributed by atoms with Crippen LogP contribution in [-0.4, -0.2) is 48.6 Å². The molecule has 1 fully saturated rings. The quantitative estimate of drug-likeness (QED) is 0.315. The molecule has 0 aliphatic carbocycles. The molecule has 0 atom stereocenters. The maximum atomic E-state index is 13.8. The molecular formula is C26H25F2N3O4S. The Kier molecular flexibility index (Phi) is 6.36. The Hall–Kier alpha value is -3.21. The molecule has 2 aliphatic rings. The van der Waals surface area contributed by atoms with E-state index in [9.17, 15) is 22.4 Å². The Balaban J connectivity index is 1.38. The highest BCUT2D eigenvalue weighted by Crippen LogP contribution is 2.43. The molecule has 188 valence electrons. The van der Waals surface area contributed by atoms with Crippen molar-refractivity contribution in [3.05, 3.63) is 94.3 Å². The average molecular weight is 514 g/mol. The molecule has 0 amide bonds. The van der Waals surface area contributed by atoms with E-state index in [0.29, 0.717) is 18.7 Å². The summed E-state index contributed by atoms with van der Waals surface area (Å²) < 4.78 is 58.7. The van der Waals surface area contributed by atoms with Crippen LogP contribution in [0.2, 0.25) is 0 Å². The Morgan fingerprint density at radius 1 is 1.11 bits per heavy atom. The molecule has 36 heavy (non-hydrogen) atoms. The lowest BCUT2D eigenvalue weighted by Gasteiger charge is -2.39. The first-order valence-corrected chi connectivity index (χ1v) is 13.4. The summed E-state index contributed by atoms with van der Waals surface area (Å²) in [6.45, 7) is 2.43. The van der Waals surface area contributed by atoms with E-state index in [1.165, 1.54) is 12.1 Å². The summed E-state index contributed by atoms with van der Waals surface area (Å²) in [6, 6.07) is 9.78. The Morgan fingerprint density at radius 3 is 2.53 bits per heavy atom. The highest BCUT2D eigenvalue weighted by atomic mass is 32.2.